The van der Waals surface area contributed by atoms with E-state index in [4.69, 9.17) is 5.73 Å². The zero-order chi connectivity index (χ0) is 20.1. The summed E-state index contributed by atoms with van der Waals surface area (Å²) in [7, 11) is 0. The second-order valence-corrected chi connectivity index (χ2v) is 7.07. The Morgan fingerprint density at radius 2 is 1.85 bits per heavy atom. The molecule has 5 N–H and O–H groups in total. The Morgan fingerprint density at radius 3 is 2.41 bits per heavy atom. The number of aliphatic carboxylic acids is 2. The van der Waals surface area contributed by atoms with Crippen molar-refractivity contribution in [2.24, 2.45) is 29.4 Å². The van der Waals surface area contributed by atoms with Gasteiger partial charge in [0.15, 0.2) is 0 Å². The van der Waals surface area contributed by atoms with E-state index >= 15 is 0 Å². The quantitative estimate of drug-likeness (QED) is 0.610. The topological polar surface area (TPSA) is 130 Å². The highest BCUT2D eigenvalue weighted by Gasteiger charge is 2.73. The molecule has 1 amide bonds. The molecule has 27 heavy (non-hydrogen) atoms. The number of amides is 1. The molecular weight excluding hydrogens is 369 g/mol. The van der Waals surface area contributed by atoms with E-state index < -0.39 is 64.5 Å². The van der Waals surface area contributed by atoms with Crippen LogP contribution in [0.5, 0.6) is 0 Å². The van der Waals surface area contributed by atoms with Crippen LogP contribution in [0.15, 0.2) is 24.3 Å². The molecule has 1 aromatic carbocycles. The molecular formula is C17H17F3N2O5. The first kappa shape index (κ1) is 19.2. The Morgan fingerprint density at radius 1 is 1.22 bits per heavy atom. The molecule has 2 aliphatic carbocycles. The molecule has 0 aromatic heterocycles. The number of nitrogens with one attached hydrogen (secondary N) is 1. The van der Waals surface area contributed by atoms with Crippen LogP contribution in [0.4, 0.5) is 18.9 Å². The number of fused-ring (bicyclic) bond motifs is 1. The second kappa shape index (κ2) is 6.22. The van der Waals surface area contributed by atoms with Crippen LogP contribution in [-0.4, -0.2) is 33.6 Å². The molecule has 0 heterocycles. The van der Waals surface area contributed by atoms with Crippen molar-refractivity contribution in [2.45, 2.75) is 24.6 Å². The third kappa shape index (κ3) is 3.25. The molecule has 0 aliphatic heterocycles. The molecule has 7 nitrogen and oxygen atoms in total. The molecule has 2 saturated carbocycles. The summed E-state index contributed by atoms with van der Waals surface area (Å²) in [5, 5.41) is 20.7. The van der Waals surface area contributed by atoms with Crippen molar-refractivity contribution in [1.29, 1.82) is 0 Å². The molecule has 2 fully saturated rings. The molecule has 0 radical (unpaired) electrons. The predicted molar refractivity (Wildman–Crippen MR) is 85.5 cm³/mol. The van der Waals surface area contributed by atoms with E-state index in [1.54, 1.807) is 0 Å². The number of para-hydroxylation sites is 1. The van der Waals surface area contributed by atoms with Crippen molar-refractivity contribution in [3.8, 4) is 0 Å². The van der Waals surface area contributed by atoms with Crippen LogP contribution in [0.25, 0.3) is 0 Å². The number of nitrogens with two attached hydrogens (primary N) is 1. The van der Waals surface area contributed by atoms with Crippen molar-refractivity contribution in [2.75, 3.05) is 5.32 Å². The van der Waals surface area contributed by atoms with E-state index in [9.17, 15) is 37.8 Å². The lowest BCUT2D eigenvalue weighted by atomic mass is 9.86. The van der Waals surface area contributed by atoms with Crippen molar-refractivity contribution in [3.05, 3.63) is 29.8 Å². The Labute approximate surface area is 151 Å². The minimum atomic E-state index is -4.65. The van der Waals surface area contributed by atoms with Gasteiger partial charge in [0.05, 0.1) is 17.2 Å². The third-order valence-electron chi connectivity index (χ3n) is 5.45. The van der Waals surface area contributed by atoms with Gasteiger partial charge in [-0.25, -0.2) is 0 Å². The van der Waals surface area contributed by atoms with Gasteiger partial charge in [-0.2, -0.15) is 13.2 Å². The van der Waals surface area contributed by atoms with Gasteiger partial charge in [-0.15, -0.1) is 0 Å². The van der Waals surface area contributed by atoms with Crippen LogP contribution in [0, 0.1) is 23.7 Å². The van der Waals surface area contributed by atoms with Crippen LogP contribution in [-0.2, 0) is 20.6 Å². The first-order chi connectivity index (χ1) is 12.5. The highest BCUT2D eigenvalue weighted by molar-refractivity contribution is 5.92. The summed E-state index contributed by atoms with van der Waals surface area (Å²) in [6, 6.07) is 4.47. The van der Waals surface area contributed by atoms with Crippen LogP contribution in [0.2, 0.25) is 0 Å². The van der Waals surface area contributed by atoms with Crippen LogP contribution >= 0.6 is 0 Å². The summed E-state index contributed by atoms with van der Waals surface area (Å²) < 4.78 is 39.0. The summed E-state index contributed by atoms with van der Waals surface area (Å²) in [6.45, 7) is 0. The lowest BCUT2D eigenvalue weighted by Crippen LogP contribution is -2.50. The summed E-state index contributed by atoms with van der Waals surface area (Å²) in [5.41, 5.74) is 2.71. The van der Waals surface area contributed by atoms with Gasteiger partial charge in [0.1, 0.15) is 5.54 Å². The first-order valence-electron chi connectivity index (χ1n) is 8.18. The Balaban J connectivity index is 1.74. The Kier molecular flexibility index (Phi) is 4.41. The fourth-order valence-electron chi connectivity index (χ4n) is 4.33. The zero-order valence-electron chi connectivity index (χ0n) is 13.9. The minimum absolute atomic E-state index is 0.101. The van der Waals surface area contributed by atoms with Gasteiger partial charge >= 0.3 is 18.1 Å². The molecule has 0 spiro atoms. The molecule has 146 valence electrons. The smallest absolute Gasteiger partial charge is 0.418 e. The predicted octanol–water partition coefficient (Wildman–Crippen LogP) is 1.78. The number of hydrogen-bond acceptors (Lipinski definition) is 4. The number of alkyl halides is 3. The number of hydrogen-bond donors (Lipinski definition) is 4. The molecule has 10 heteroatoms. The van der Waals surface area contributed by atoms with E-state index in [0.29, 0.717) is 0 Å². The van der Waals surface area contributed by atoms with Gasteiger partial charge < -0.3 is 21.3 Å². The summed E-state index contributed by atoms with van der Waals surface area (Å²) in [6.07, 6.45) is -5.05. The maximum Gasteiger partial charge on any atom is 0.418 e. The molecule has 5 atom stereocenters. The highest BCUT2D eigenvalue weighted by atomic mass is 19.4. The van der Waals surface area contributed by atoms with E-state index in [2.05, 4.69) is 5.32 Å². The van der Waals surface area contributed by atoms with Crippen LogP contribution in [0.3, 0.4) is 0 Å². The van der Waals surface area contributed by atoms with Crippen molar-refractivity contribution in [1.82, 2.24) is 0 Å². The fourth-order valence-corrected chi connectivity index (χ4v) is 4.33. The highest BCUT2D eigenvalue weighted by Crippen LogP contribution is 2.65. The van der Waals surface area contributed by atoms with Gasteiger partial charge in [0, 0.05) is 12.3 Å². The molecule has 0 bridgehead atoms. The standard InChI is InChI=1S/C17H17F3N2O5/c18-17(19,20)8-3-1-2-4-9(8)22-10(23)5-7-6-16(21,15(26)27)13-11(7)12(13)14(24)25/h1-4,7,11-13H,5-6,21H2,(H,22,23)(H,24,25)(H,26,27)/t7?,11?,12-,13?,16?/m0/s1. The molecule has 0 saturated heterocycles. The van der Waals surface area contributed by atoms with Gasteiger partial charge in [-0.05, 0) is 30.4 Å². The van der Waals surface area contributed by atoms with Gasteiger partial charge in [-0.1, -0.05) is 12.1 Å². The second-order valence-electron chi connectivity index (χ2n) is 7.07. The summed E-state index contributed by atoms with van der Waals surface area (Å²) in [5.74, 6) is -6.23. The summed E-state index contributed by atoms with van der Waals surface area (Å²) in [4.78, 5) is 35.0. The zero-order valence-corrected chi connectivity index (χ0v) is 13.9. The van der Waals surface area contributed by atoms with Crippen LogP contribution < -0.4 is 11.1 Å². The average molecular weight is 386 g/mol. The molecule has 4 unspecified atom stereocenters. The lowest BCUT2D eigenvalue weighted by molar-refractivity contribution is -0.146. The van der Waals surface area contributed by atoms with E-state index in [-0.39, 0.29) is 12.8 Å². The normalized spacial score (nSPS) is 31.9. The first-order valence-corrected chi connectivity index (χ1v) is 8.18. The maximum atomic E-state index is 13.0. The van der Waals surface area contributed by atoms with Gasteiger partial charge in [0.2, 0.25) is 5.91 Å². The third-order valence-corrected chi connectivity index (χ3v) is 5.45. The van der Waals surface area contributed by atoms with E-state index in [1.807, 2.05) is 0 Å². The largest absolute Gasteiger partial charge is 0.481 e. The van der Waals surface area contributed by atoms with Crippen molar-refractivity contribution in [3.63, 3.8) is 0 Å². The maximum absolute atomic E-state index is 13.0. The van der Waals surface area contributed by atoms with E-state index in [0.717, 1.165) is 12.1 Å². The average Bonchev–Trinajstić information content (AvgIpc) is 3.23. The number of benzene rings is 1. The minimum Gasteiger partial charge on any atom is -0.481 e. The van der Waals surface area contributed by atoms with E-state index in [1.165, 1.54) is 12.1 Å². The molecule has 2 aliphatic rings. The van der Waals surface area contributed by atoms with Crippen LogP contribution in [0.1, 0.15) is 18.4 Å². The number of halogens is 3. The monoisotopic (exact) mass is 386 g/mol. The lowest BCUT2D eigenvalue weighted by Gasteiger charge is -2.24. The van der Waals surface area contributed by atoms with Gasteiger partial charge in [-0.3, -0.25) is 14.4 Å². The number of carbonyl (C=O) groups is 3. The number of carbonyl (C=O) groups excluding carboxylic acids is 1. The fraction of sp³-hybridized carbons (Fsp3) is 0.471. The van der Waals surface area contributed by atoms with Crippen molar-refractivity contribution >= 4 is 23.5 Å². The van der Waals surface area contributed by atoms with Crippen molar-refractivity contribution < 1.29 is 37.8 Å². The number of carboxylic acids is 2. The van der Waals surface area contributed by atoms with Gasteiger partial charge in [0.25, 0.3) is 0 Å². The SMILES string of the molecule is NC1(C(=O)O)CC(CC(=O)Nc2ccccc2C(F)(F)F)C2C1[C@H]2C(=O)O. The summed E-state index contributed by atoms with van der Waals surface area (Å²) >= 11 is 0. The number of rotatable bonds is 5. The number of anilines is 1. The molecule has 3 rings (SSSR count). The Bertz CT molecular complexity index is 812. The Hall–Kier alpha value is -2.62. The molecule has 1 aromatic rings. The number of carboxylic acid groups (broad SMARTS) is 2.